The highest BCUT2D eigenvalue weighted by molar-refractivity contribution is 7.99. The maximum absolute atomic E-state index is 12.6. The molecule has 0 aliphatic carbocycles. The number of benzene rings is 1. The van der Waals surface area contributed by atoms with Crippen molar-refractivity contribution in [3.05, 3.63) is 30.3 Å². The highest BCUT2D eigenvalue weighted by Crippen LogP contribution is 2.20. The van der Waals surface area contributed by atoms with Gasteiger partial charge in [0.05, 0.1) is 25.0 Å². The zero-order valence-electron chi connectivity index (χ0n) is 15.0. The molecule has 6 nitrogen and oxygen atoms in total. The van der Waals surface area contributed by atoms with Crippen LogP contribution in [0.5, 0.6) is 0 Å². The van der Waals surface area contributed by atoms with Gasteiger partial charge in [0.25, 0.3) is 0 Å². The molecule has 0 radical (unpaired) electrons. The van der Waals surface area contributed by atoms with Crippen LogP contribution in [-0.2, 0) is 14.3 Å². The van der Waals surface area contributed by atoms with Crippen molar-refractivity contribution < 1.29 is 14.3 Å². The summed E-state index contributed by atoms with van der Waals surface area (Å²) in [4.78, 5) is 28.2. The molecule has 1 aromatic carbocycles. The number of hydrogen-bond donors (Lipinski definition) is 2. The fourth-order valence-corrected chi connectivity index (χ4v) is 4.17. The zero-order valence-corrected chi connectivity index (χ0v) is 15.8. The Morgan fingerprint density at radius 1 is 1.15 bits per heavy atom. The Balaban J connectivity index is 1.40. The van der Waals surface area contributed by atoms with Gasteiger partial charge in [-0.15, -0.1) is 11.8 Å². The lowest BCUT2D eigenvalue weighted by atomic mass is 9.88. The van der Waals surface area contributed by atoms with Gasteiger partial charge in [-0.1, -0.05) is 18.2 Å². The van der Waals surface area contributed by atoms with Gasteiger partial charge in [0, 0.05) is 43.4 Å². The summed E-state index contributed by atoms with van der Waals surface area (Å²) in [5, 5.41) is 6.27. The first-order chi connectivity index (χ1) is 12.7. The average Bonchev–Trinajstić information content (AvgIpc) is 2.72. The largest absolute Gasteiger partial charge is 0.378 e. The number of ether oxygens (including phenoxy) is 1. The minimum Gasteiger partial charge on any atom is -0.378 e. The molecule has 2 atom stereocenters. The lowest BCUT2D eigenvalue weighted by molar-refractivity contribution is -0.141. The molecular formula is C19H27N3O3S. The van der Waals surface area contributed by atoms with Gasteiger partial charge in [-0.2, -0.15) is 0 Å². The second-order valence-corrected chi connectivity index (χ2v) is 7.85. The fraction of sp³-hybridized carbons (Fsp3) is 0.579. The van der Waals surface area contributed by atoms with E-state index in [4.69, 9.17) is 4.74 Å². The van der Waals surface area contributed by atoms with E-state index in [1.165, 1.54) is 4.90 Å². The molecule has 1 aromatic rings. The Morgan fingerprint density at radius 3 is 2.65 bits per heavy atom. The summed E-state index contributed by atoms with van der Waals surface area (Å²) < 4.78 is 5.31. The molecule has 142 valence electrons. The molecule has 2 aliphatic heterocycles. The van der Waals surface area contributed by atoms with Crippen molar-refractivity contribution in [1.82, 2.24) is 15.5 Å². The lowest BCUT2D eigenvalue weighted by Gasteiger charge is -2.34. The van der Waals surface area contributed by atoms with Crippen LogP contribution in [0.3, 0.4) is 0 Å². The number of rotatable bonds is 6. The first-order valence-corrected chi connectivity index (χ1v) is 10.3. The van der Waals surface area contributed by atoms with Gasteiger partial charge in [0.2, 0.25) is 11.8 Å². The van der Waals surface area contributed by atoms with Crippen LogP contribution in [0.15, 0.2) is 35.2 Å². The maximum atomic E-state index is 12.6. The van der Waals surface area contributed by atoms with E-state index in [-0.39, 0.29) is 23.7 Å². The minimum atomic E-state index is -0.138. The highest BCUT2D eigenvalue weighted by atomic mass is 32.2. The van der Waals surface area contributed by atoms with E-state index in [1.54, 1.807) is 11.8 Å². The van der Waals surface area contributed by atoms with Crippen molar-refractivity contribution in [1.29, 1.82) is 0 Å². The van der Waals surface area contributed by atoms with Gasteiger partial charge < -0.3 is 20.3 Å². The highest BCUT2D eigenvalue weighted by Gasteiger charge is 2.33. The molecule has 2 aliphatic rings. The maximum Gasteiger partial charge on any atom is 0.227 e. The van der Waals surface area contributed by atoms with E-state index in [0.717, 1.165) is 5.75 Å². The second-order valence-electron chi connectivity index (χ2n) is 6.68. The Kier molecular flexibility index (Phi) is 7.34. The van der Waals surface area contributed by atoms with E-state index in [1.807, 2.05) is 23.1 Å². The van der Waals surface area contributed by atoms with Gasteiger partial charge in [0.15, 0.2) is 0 Å². The van der Waals surface area contributed by atoms with E-state index in [2.05, 4.69) is 22.8 Å². The van der Waals surface area contributed by atoms with E-state index >= 15 is 0 Å². The molecule has 2 heterocycles. The van der Waals surface area contributed by atoms with E-state index in [0.29, 0.717) is 52.4 Å². The number of carbonyl (C=O) groups is 2. The standard InChI is InChI=1S/C19H27N3O3S/c23-18(21-6-11-26-17-4-2-1-3-5-17)15-12-16(14-20-13-15)19(24)22-7-9-25-10-8-22/h1-5,15-16,20H,6-14H2,(H,21,23)/t15-,16-/m1/s1. The molecule has 7 heteroatoms. The number of nitrogens with zero attached hydrogens (tertiary/aromatic N) is 1. The van der Waals surface area contributed by atoms with Crippen LogP contribution in [0.25, 0.3) is 0 Å². The quantitative estimate of drug-likeness (QED) is 0.571. The van der Waals surface area contributed by atoms with Gasteiger partial charge in [0.1, 0.15) is 0 Å². The Labute approximate surface area is 159 Å². The third kappa shape index (κ3) is 5.46. The monoisotopic (exact) mass is 377 g/mol. The van der Waals surface area contributed by atoms with Crippen LogP contribution in [0.2, 0.25) is 0 Å². The molecule has 2 saturated heterocycles. The topological polar surface area (TPSA) is 70.7 Å². The Hall–Kier alpha value is -1.57. The van der Waals surface area contributed by atoms with E-state index in [9.17, 15) is 9.59 Å². The van der Waals surface area contributed by atoms with Crippen molar-refractivity contribution >= 4 is 23.6 Å². The van der Waals surface area contributed by atoms with Crippen LogP contribution in [0.4, 0.5) is 0 Å². The molecule has 2 amide bonds. The summed E-state index contributed by atoms with van der Waals surface area (Å²) in [7, 11) is 0. The normalized spacial score (nSPS) is 23.5. The molecule has 0 spiro atoms. The average molecular weight is 378 g/mol. The van der Waals surface area contributed by atoms with Gasteiger partial charge >= 0.3 is 0 Å². The number of carbonyl (C=O) groups excluding carboxylic acids is 2. The zero-order chi connectivity index (χ0) is 18.2. The van der Waals surface area contributed by atoms with Gasteiger partial charge in [-0.05, 0) is 18.6 Å². The fourth-order valence-electron chi connectivity index (χ4n) is 3.38. The van der Waals surface area contributed by atoms with Crippen LogP contribution in [-0.4, -0.2) is 68.4 Å². The predicted molar refractivity (Wildman–Crippen MR) is 102 cm³/mol. The smallest absolute Gasteiger partial charge is 0.227 e. The SMILES string of the molecule is O=C(NCCSc1ccccc1)[C@H]1CNC[C@H](C(=O)N2CCOCC2)C1. The molecule has 0 unspecified atom stereocenters. The summed E-state index contributed by atoms with van der Waals surface area (Å²) in [6.07, 6.45) is 0.626. The van der Waals surface area contributed by atoms with Crippen LogP contribution < -0.4 is 10.6 Å². The Bertz CT molecular complexity index is 593. The molecule has 0 saturated carbocycles. The first kappa shape index (κ1) is 19.2. The molecule has 2 fully saturated rings. The van der Waals surface area contributed by atoms with Crippen molar-refractivity contribution in [3.8, 4) is 0 Å². The van der Waals surface area contributed by atoms with Crippen LogP contribution >= 0.6 is 11.8 Å². The van der Waals surface area contributed by atoms with E-state index < -0.39 is 0 Å². The van der Waals surface area contributed by atoms with Crippen LogP contribution in [0.1, 0.15) is 6.42 Å². The number of morpholine rings is 1. The number of thioether (sulfide) groups is 1. The van der Waals surface area contributed by atoms with Crippen molar-refractivity contribution in [2.45, 2.75) is 11.3 Å². The summed E-state index contributed by atoms with van der Waals surface area (Å²) in [6.45, 7) is 4.46. The minimum absolute atomic E-state index is 0.0469. The lowest BCUT2D eigenvalue weighted by Crippen LogP contribution is -2.51. The van der Waals surface area contributed by atoms with Crippen molar-refractivity contribution in [3.63, 3.8) is 0 Å². The molecule has 0 aromatic heterocycles. The van der Waals surface area contributed by atoms with Crippen LogP contribution in [0, 0.1) is 11.8 Å². The molecule has 3 rings (SSSR count). The van der Waals surface area contributed by atoms with Gasteiger partial charge in [-0.3, -0.25) is 9.59 Å². The summed E-state index contributed by atoms with van der Waals surface area (Å²) >= 11 is 1.73. The molecule has 0 bridgehead atoms. The number of nitrogens with one attached hydrogen (secondary N) is 2. The summed E-state index contributed by atoms with van der Waals surface area (Å²) in [5.74, 6) is 0.784. The predicted octanol–water partition coefficient (Wildman–Crippen LogP) is 0.979. The Morgan fingerprint density at radius 2 is 1.88 bits per heavy atom. The third-order valence-electron chi connectivity index (χ3n) is 4.81. The first-order valence-electron chi connectivity index (χ1n) is 9.27. The molecule has 2 N–H and O–H groups in total. The summed E-state index contributed by atoms with van der Waals surface area (Å²) in [5.41, 5.74) is 0. The second kappa shape index (κ2) is 9.94. The van der Waals surface area contributed by atoms with Crippen molar-refractivity contribution in [2.75, 3.05) is 51.7 Å². The number of amides is 2. The summed E-state index contributed by atoms with van der Waals surface area (Å²) in [6, 6.07) is 10.2. The van der Waals surface area contributed by atoms with Crippen molar-refractivity contribution in [2.24, 2.45) is 11.8 Å². The van der Waals surface area contributed by atoms with Gasteiger partial charge in [-0.25, -0.2) is 0 Å². The molecule has 26 heavy (non-hydrogen) atoms. The molecular weight excluding hydrogens is 350 g/mol. The number of piperidine rings is 1. The number of hydrogen-bond acceptors (Lipinski definition) is 5. The third-order valence-corrected chi connectivity index (χ3v) is 5.82.